The topological polar surface area (TPSA) is 29.4 Å². The van der Waals surface area contributed by atoms with Gasteiger partial charge in [-0.3, -0.25) is 9.79 Å². The zero-order chi connectivity index (χ0) is 5.86. The van der Waals surface area contributed by atoms with Gasteiger partial charge in [0.25, 0.3) is 0 Å². The van der Waals surface area contributed by atoms with Crippen LogP contribution in [0.4, 0.5) is 0 Å². The molecule has 0 saturated heterocycles. The molecule has 7 heavy (non-hydrogen) atoms. The van der Waals surface area contributed by atoms with Gasteiger partial charge >= 0.3 is 0 Å². The molecule has 0 aromatic rings. The SMILES string of the molecule is C=NC(=C)C(C)=O. The van der Waals surface area contributed by atoms with Gasteiger partial charge in [0.1, 0.15) is 0 Å². The van der Waals surface area contributed by atoms with Crippen LogP contribution in [-0.4, -0.2) is 12.5 Å². The van der Waals surface area contributed by atoms with E-state index in [0.717, 1.165) is 0 Å². The highest BCUT2D eigenvalue weighted by molar-refractivity contribution is 5.92. The molecule has 0 aliphatic rings. The summed E-state index contributed by atoms with van der Waals surface area (Å²) in [7, 11) is 0. The van der Waals surface area contributed by atoms with Gasteiger partial charge in [-0.05, 0) is 6.72 Å². The number of rotatable bonds is 2. The molecule has 0 aromatic heterocycles. The number of allylic oxidation sites excluding steroid dienone is 1. The number of carbonyl (C=O) groups excluding carboxylic acids is 1. The lowest BCUT2D eigenvalue weighted by atomic mass is 10.4. The Bertz CT molecular complexity index is 115. The summed E-state index contributed by atoms with van der Waals surface area (Å²) < 4.78 is 0. The van der Waals surface area contributed by atoms with Gasteiger partial charge in [0.2, 0.25) is 0 Å². The molecule has 0 aromatic carbocycles. The van der Waals surface area contributed by atoms with Crippen LogP contribution < -0.4 is 0 Å². The third-order valence-electron chi connectivity index (χ3n) is 0.597. The minimum atomic E-state index is -0.130. The molecule has 0 fully saturated rings. The zero-order valence-electron chi connectivity index (χ0n) is 4.27. The van der Waals surface area contributed by atoms with Crippen molar-refractivity contribution in [1.82, 2.24) is 0 Å². The van der Waals surface area contributed by atoms with Gasteiger partial charge in [-0.2, -0.15) is 0 Å². The summed E-state index contributed by atoms with van der Waals surface area (Å²) in [5.41, 5.74) is 0.222. The van der Waals surface area contributed by atoms with Crippen molar-refractivity contribution in [2.24, 2.45) is 4.99 Å². The van der Waals surface area contributed by atoms with Crippen molar-refractivity contribution < 1.29 is 4.79 Å². The van der Waals surface area contributed by atoms with Gasteiger partial charge in [0.15, 0.2) is 5.78 Å². The first kappa shape index (κ1) is 6.08. The van der Waals surface area contributed by atoms with Gasteiger partial charge in [0, 0.05) is 6.92 Å². The first-order valence-corrected chi connectivity index (χ1v) is 1.85. The molecule has 0 aliphatic heterocycles. The summed E-state index contributed by atoms with van der Waals surface area (Å²) in [6, 6.07) is 0. The van der Waals surface area contributed by atoms with Gasteiger partial charge in [0.05, 0.1) is 5.70 Å². The van der Waals surface area contributed by atoms with Crippen LogP contribution in [0, 0.1) is 0 Å². The van der Waals surface area contributed by atoms with E-state index in [1.807, 2.05) is 0 Å². The van der Waals surface area contributed by atoms with Crippen molar-refractivity contribution >= 4 is 12.5 Å². The van der Waals surface area contributed by atoms with E-state index in [9.17, 15) is 4.79 Å². The van der Waals surface area contributed by atoms with Crippen molar-refractivity contribution in [3.63, 3.8) is 0 Å². The molecule has 0 N–H and O–H groups in total. The van der Waals surface area contributed by atoms with E-state index >= 15 is 0 Å². The quantitative estimate of drug-likeness (QED) is 0.370. The Labute approximate surface area is 42.6 Å². The normalized spacial score (nSPS) is 7.57. The van der Waals surface area contributed by atoms with E-state index in [2.05, 4.69) is 18.3 Å². The minimum absolute atomic E-state index is 0.130. The average Bonchev–Trinajstić information content (AvgIpc) is 1.65. The highest BCUT2D eigenvalue weighted by Crippen LogP contribution is 1.88. The average molecular weight is 97.1 g/mol. The third kappa shape index (κ3) is 1.87. The van der Waals surface area contributed by atoms with Gasteiger partial charge in [-0.15, -0.1) is 0 Å². The molecule has 2 heteroatoms. The molecule has 0 spiro atoms. The van der Waals surface area contributed by atoms with Crippen LogP contribution in [0.1, 0.15) is 6.92 Å². The maximum absolute atomic E-state index is 10.1. The van der Waals surface area contributed by atoms with Crippen molar-refractivity contribution in [3.05, 3.63) is 12.3 Å². The summed E-state index contributed by atoms with van der Waals surface area (Å²) >= 11 is 0. The van der Waals surface area contributed by atoms with Crippen LogP contribution in [0.5, 0.6) is 0 Å². The number of Topliss-reactive ketones (excluding diaryl/α,β-unsaturated/α-hetero) is 1. The molecule has 0 saturated carbocycles. The summed E-state index contributed by atoms with van der Waals surface area (Å²) in [6.45, 7) is 7.81. The van der Waals surface area contributed by atoms with E-state index in [1.165, 1.54) is 6.92 Å². The molecule has 0 amide bonds. The fourth-order valence-electron chi connectivity index (χ4n) is 0.111. The monoisotopic (exact) mass is 97.1 g/mol. The van der Waals surface area contributed by atoms with Crippen LogP contribution in [-0.2, 0) is 4.79 Å². The summed E-state index contributed by atoms with van der Waals surface area (Å²) in [6.07, 6.45) is 0. The van der Waals surface area contributed by atoms with Crippen LogP contribution in [0.2, 0.25) is 0 Å². The van der Waals surface area contributed by atoms with Crippen LogP contribution >= 0.6 is 0 Å². The van der Waals surface area contributed by atoms with E-state index in [0.29, 0.717) is 0 Å². The molecule has 0 unspecified atom stereocenters. The molecular weight excluding hydrogens is 90.1 g/mol. The molecule has 0 rings (SSSR count). The maximum atomic E-state index is 10.1. The standard InChI is InChI=1S/C5H7NO/c1-4(6-3)5(2)7/h1,3H2,2H3. The highest BCUT2D eigenvalue weighted by atomic mass is 16.1. The third-order valence-corrected chi connectivity index (χ3v) is 0.597. The minimum Gasteiger partial charge on any atom is -0.293 e. The summed E-state index contributed by atoms with van der Waals surface area (Å²) in [5, 5.41) is 0. The molecule has 0 aliphatic carbocycles. The number of carbonyl (C=O) groups is 1. The van der Waals surface area contributed by atoms with Crippen molar-refractivity contribution in [2.75, 3.05) is 0 Å². The Morgan fingerprint density at radius 1 is 1.71 bits per heavy atom. The van der Waals surface area contributed by atoms with E-state index < -0.39 is 0 Å². The predicted octanol–water partition coefficient (Wildman–Crippen LogP) is 0.790. The molecular formula is C5H7NO. The smallest absolute Gasteiger partial charge is 0.177 e. The Balaban J connectivity index is 3.81. The maximum Gasteiger partial charge on any atom is 0.177 e. The largest absolute Gasteiger partial charge is 0.293 e. The fraction of sp³-hybridized carbons (Fsp3) is 0.200. The van der Waals surface area contributed by atoms with Gasteiger partial charge < -0.3 is 0 Å². The first-order valence-electron chi connectivity index (χ1n) is 1.85. The molecule has 0 heterocycles. The summed E-state index contributed by atoms with van der Waals surface area (Å²) in [4.78, 5) is 13.4. The molecule has 0 atom stereocenters. The fourth-order valence-corrected chi connectivity index (χ4v) is 0.111. The Kier molecular flexibility index (Phi) is 1.99. The molecule has 2 nitrogen and oxygen atoms in total. The lowest BCUT2D eigenvalue weighted by Crippen LogP contribution is -1.88. The second kappa shape index (κ2) is 2.29. The van der Waals surface area contributed by atoms with E-state index in [1.54, 1.807) is 0 Å². The highest BCUT2D eigenvalue weighted by Gasteiger charge is 1.91. The lowest BCUT2D eigenvalue weighted by Gasteiger charge is -1.83. The van der Waals surface area contributed by atoms with Crippen molar-refractivity contribution in [1.29, 1.82) is 0 Å². The second-order valence-corrected chi connectivity index (χ2v) is 1.16. The van der Waals surface area contributed by atoms with E-state index in [-0.39, 0.29) is 11.5 Å². The van der Waals surface area contributed by atoms with Crippen LogP contribution in [0.15, 0.2) is 17.3 Å². The zero-order valence-corrected chi connectivity index (χ0v) is 4.27. The number of aliphatic imine (C=N–C) groups is 1. The lowest BCUT2D eigenvalue weighted by molar-refractivity contribution is -0.113. The van der Waals surface area contributed by atoms with Gasteiger partial charge in [-0.25, -0.2) is 0 Å². The number of hydrogen-bond donors (Lipinski definition) is 0. The predicted molar refractivity (Wildman–Crippen MR) is 29.4 cm³/mol. The van der Waals surface area contributed by atoms with Crippen LogP contribution in [0.3, 0.4) is 0 Å². The number of nitrogens with zero attached hydrogens (tertiary/aromatic N) is 1. The van der Waals surface area contributed by atoms with Gasteiger partial charge in [-0.1, -0.05) is 6.58 Å². The molecule has 0 radical (unpaired) electrons. The number of ketones is 1. The van der Waals surface area contributed by atoms with Crippen molar-refractivity contribution in [3.8, 4) is 0 Å². The molecule has 0 bridgehead atoms. The number of hydrogen-bond acceptors (Lipinski definition) is 2. The Hall–Kier alpha value is -0.920. The summed E-state index contributed by atoms with van der Waals surface area (Å²) in [5.74, 6) is -0.130. The van der Waals surface area contributed by atoms with Crippen LogP contribution in [0.25, 0.3) is 0 Å². The molecule has 38 valence electrons. The van der Waals surface area contributed by atoms with Crippen molar-refractivity contribution in [2.45, 2.75) is 6.92 Å². The first-order chi connectivity index (χ1) is 3.18. The Morgan fingerprint density at radius 2 is 2.14 bits per heavy atom. The van der Waals surface area contributed by atoms with E-state index in [4.69, 9.17) is 0 Å². The second-order valence-electron chi connectivity index (χ2n) is 1.16. The Morgan fingerprint density at radius 3 is 2.14 bits per heavy atom.